The zero-order valence-corrected chi connectivity index (χ0v) is 18.4. The molecule has 0 saturated heterocycles. The highest BCUT2D eigenvalue weighted by Gasteiger charge is 2.39. The summed E-state index contributed by atoms with van der Waals surface area (Å²) >= 11 is 6.09. The number of hydrogen-bond acceptors (Lipinski definition) is 7. The highest BCUT2D eigenvalue weighted by Crippen LogP contribution is 2.45. The van der Waals surface area contributed by atoms with Crippen molar-refractivity contribution in [2.24, 2.45) is 0 Å². The Labute approximate surface area is 190 Å². The fraction of sp³-hybridized carbons (Fsp3) is 0.261. The Morgan fingerprint density at radius 2 is 1.78 bits per heavy atom. The van der Waals surface area contributed by atoms with Crippen molar-refractivity contribution in [3.8, 4) is 11.5 Å². The van der Waals surface area contributed by atoms with Crippen LogP contribution in [0.4, 0.5) is 11.9 Å². The number of ether oxygens (including phenoxy) is 2. The molecule has 1 aliphatic heterocycles. The van der Waals surface area contributed by atoms with Crippen molar-refractivity contribution in [3.05, 3.63) is 69.9 Å². The van der Waals surface area contributed by atoms with Crippen molar-refractivity contribution in [1.82, 2.24) is 14.8 Å². The minimum atomic E-state index is -0.415. The first-order valence-electron chi connectivity index (χ1n) is 10.2. The first-order chi connectivity index (χ1) is 15.5. The Morgan fingerprint density at radius 1 is 1.06 bits per heavy atom. The summed E-state index contributed by atoms with van der Waals surface area (Å²) in [4.78, 5) is 17.8. The van der Waals surface area contributed by atoms with Gasteiger partial charge in [0, 0.05) is 22.7 Å². The van der Waals surface area contributed by atoms with E-state index in [4.69, 9.17) is 26.8 Å². The van der Waals surface area contributed by atoms with Crippen LogP contribution >= 0.6 is 11.6 Å². The molecule has 3 N–H and O–H groups in total. The van der Waals surface area contributed by atoms with Gasteiger partial charge in [-0.3, -0.25) is 4.79 Å². The number of carbonyl (C=O) groups is 1. The van der Waals surface area contributed by atoms with Crippen LogP contribution in [0.25, 0.3) is 0 Å². The second-order valence-corrected chi connectivity index (χ2v) is 8.29. The number of nitrogens with two attached hydrogens (primary N) is 1. The number of nitrogens with zero attached hydrogens (tertiary/aromatic N) is 3. The number of ketones is 1. The van der Waals surface area contributed by atoms with Gasteiger partial charge in [-0.25, -0.2) is 4.68 Å². The highest BCUT2D eigenvalue weighted by molar-refractivity contribution is 6.30. The van der Waals surface area contributed by atoms with Gasteiger partial charge in [-0.15, -0.1) is 5.10 Å². The lowest BCUT2D eigenvalue weighted by Crippen LogP contribution is -2.33. The van der Waals surface area contributed by atoms with Crippen molar-refractivity contribution in [2.45, 2.75) is 24.8 Å². The van der Waals surface area contributed by atoms with Crippen molar-refractivity contribution in [2.75, 3.05) is 25.3 Å². The lowest BCUT2D eigenvalue weighted by Gasteiger charge is -2.35. The number of anilines is 2. The van der Waals surface area contributed by atoms with Gasteiger partial charge in [-0.1, -0.05) is 29.8 Å². The lowest BCUT2D eigenvalue weighted by molar-refractivity contribution is -0.116. The number of hydrogen-bond donors (Lipinski definition) is 2. The molecule has 164 valence electrons. The smallest absolute Gasteiger partial charge is 0.241 e. The topological polar surface area (TPSA) is 104 Å². The summed E-state index contributed by atoms with van der Waals surface area (Å²) < 4.78 is 12.5. The van der Waals surface area contributed by atoms with Crippen molar-refractivity contribution >= 4 is 29.3 Å². The summed E-state index contributed by atoms with van der Waals surface area (Å²) in [5, 5.41) is 8.27. The van der Waals surface area contributed by atoms with Crippen LogP contribution in [0, 0.1) is 0 Å². The molecular weight excluding hydrogens is 430 g/mol. The zero-order chi connectivity index (χ0) is 22.4. The van der Waals surface area contributed by atoms with Crippen LogP contribution in [-0.2, 0) is 4.79 Å². The van der Waals surface area contributed by atoms with E-state index in [1.165, 1.54) is 0 Å². The van der Waals surface area contributed by atoms with E-state index in [9.17, 15) is 4.79 Å². The average molecular weight is 452 g/mol. The molecule has 0 saturated carbocycles. The first-order valence-corrected chi connectivity index (χ1v) is 10.6. The third-order valence-electron chi connectivity index (χ3n) is 6.00. The minimum absolute atomic E-state index is 0.00811. The Morgan fingerprint density at radius 3 is 2.50 bits per heavy atom. The van der Waals surface area contributed by atoms with E-state index < -0.39 is 6.04 Å². The molecule has 2 atom stereocenters. The molecule has 2 aliphatic rings. The molecule has 0 fully saturated rings. The third-order valence-corrected chi connectivity index (χ3v) is 6.25. The molecule has 2 heterocycles. The van der Waals surface area contributed by atoms with Crippen LogP contribution in [0.1, 0.15) is 35.9 Å². The number of nitrogen functional groups attached to an aromatic ring is 1. The predicted molar refractivity (Wildman–Crippen MR) is 121 cm³/mol. The van der Waals surface area contributed by atoms with Gasteiger partial charge in [0.1, 0.15) is 6.04 Å². The molecule has 1 aliphatic carbocycles. The summed E-state index contributed by atoms with van der Waals surface area (Å²) in [6, 6.07) is 12.8. The highest BCUT2D eigenvalue weighted by atomic mass is 35.5. The van der Waals surface area contributed by atoms with Crippen LogP contribution in [0.3, 0.4) is 0 Å². The second kappa shape index (κ2) is 7.87. The number of nitrogens with one attached hydrogen (secondary N) is 1. The summed E-state index contributed by atoms with van der Waals surface area (Å²) in [5.74, 6) is 2.00. The van der Waals surface area contributed by atoms with Gasteiger partial charge in [0.2, 0.25) is 11.9 Å². The number of allylic oxidation sites excluding steroid dienone is 2. The van der Waals surface area contributed by atoms with Crippen LogP contribution in [0.15, 0.2) is 53.7 Å². The molecule has 0 unspecified atom stereocenters. The van der Waals surface area contributed by atoms with E-state index in [-0.39, 0.29) is 17.6 Å². The Bertz CT molecular complexity index is 1230. The van der Waals surface area contributed by atoms with E-state index in [1.807, 2.05) is 30.3 Å². The Hall–Kier alpha value is -3.52. The summed E-state index contributed by atoms with van der Waals surface area (Å²) in [6.07, 6.45) is 1.02. The van der Waals surface area contributed by atoms with Gasteiger partial charge in [-0.2, -0.15) is 4.98 Å². The van der Waals surface area contributed by atoms with E-state index in [1.54, 1.807) is 31.0 Å². The molecule has 2 aromatic carbocycles. The van der Waals surface area contributed by atoms with Crippen LogP contribution in [0.5, 0.6) is 11.5 Å². The van der Waals surface area contributed by atoms with Gasteiger partial charge in [0.15, 0.2) is 17.3 Å². The monoisotopic (exact) mass is 451 g/mol. The summed E-state index contributed by atoms with van der Waals surface area (Å²) in [6.45, 7) is 0. The van der Waals surface area contributed by atoms with E-state index in [0.717, 1.165) is 16.8 Å². The number of halogens is 1. The van der Waals surface area contributed by atoms with E-state index in [0.29, 0.717) is 40.9 Å². The molecule has 5 rings (SSSR count). The number of fused-ring (bicyclic) bond motifs is 1. The zero-order valence-electron chi connectivity index (χ0n) is 17.6. The quantitative estimate of drug-likeness (QED) is 0.618. The van der Waals surface area contributed by atoms with Gasteiger partial charge in [0.25, 0.3) is 0 Å². The molecule has 0 amide bonds. The van der Waals surface area contributed by atoms with E-state index >= 15 is 0 Å². The molecule has 32 heavy (non-hydrogen) atoms. The Balaban J connectivity index is 1.57. The maximum Gasteiger partial charge on any atom is 0.241 e. The first kappa shape index (κ1) is 20.4. The van der Waals surface area contributed by atoms with Crippen molar-refractivity contribution < 1.29 is 14.3 Å². The molecule has 0 radical (unpaired) electrons. The molecule has 0 bridgehead atoms. The normalized spacial score (nSPS) is 19.8. The lowest BCUT2D eigenvalue weighted by atomic mass is 9.78. The molecule has 1 aromatic heterocycles. The maximum atomic E-state index is 13.5. The number of benzene rings is 2. The largest absolute Gasteiger partial charge is 0.493 e. The number of Topliss-reactive ketones (excluding diaryl/α,β-unsaturated/α-hetero) is 1. The molecule has 3 aromatic rings. The average Bonchev–Trinajstić information content (AvgIpc) is 3.17. The maximum absolute atomic E-state index is 13.5. The van der Waals surface area contributed by atoms with Gasteiger partial charge < -0.3 is 20.5 Å². The number of carbonyl (C=O) groups excluding carboxylic acids is 1. The van der Waals surface area contributed by atoms with Gasteiger partial charge in [0.05, 0.1) is 14.2 Å². The van der Waals surface area contributed by atoms with Crippen molar-refractivity contribution in [1.29, 1.82) is 0 Å². The molecule has 9 heteroatoms. The Kier molecular flexibility index (Phi) is 5.01. The third kappa shape index (κ3) is 3.36. The number of aromatic nitrogens is 3. The standard InChI is InChI=1S/C23H22ClN5O3/c1-31-18-8-5-13(11-19(18)32-2)14-9-16-20(17(30)10-14)21(12-3-6-15(24)7-4-12)29-23(26-16)27-22(25)28-29/h3-8,11,14,21H,9-10H2,1-2H3,(H3,25,26,27,28)/t14-,21-/m1/s1. The fourth-order valence-corrected chi connectivity index (χ4v) is 4.65. The van der Waals surface area contributed by atoms with E-state index in [2.05, 4.69) is 15.4 Å². The SMILES string of the molecule is COc1ccc([C@H]2CC(=O)C3=C(C2)Nc2nc(N)nn2[C@@H]3c2ccc(Cl)cc2)cc1OC. The van der Waals surface area contributed by atoms with Gasteiger partial charge in [-0.05, 0) is 47.7 Å². The minimum Gasteiger partial charge on any atom is -0.493 e. The summed E-state index contributed by atoms with van der Waals surface area (Å²) in [5.41, 5.74) is 9.32. The number of rotatable bonds is 4. The summed E-state index contributed by atoms with van der Waals surface area (Å²) in [7, 11) is 3.20. The molecule has 0 spiro atoms. The molecule has 8 nitrogen and oxygen atoms in total. The van der Waals surface area contributed by atoms with Crippen LogP contribution in [-0.4, -0.2) is 34.8 Å². The number of methoxy groups -OCH3 is 2. The van der Waals surface area contributed by atoms with Crippen LogP contribution < -0.4 is 20.5 Å². The van der Waals surface area contributed by atoms with Crippen LogP contribution in [0.2, 0.25) is 5.02 Å². The van der Waals surface area contributed by atoms with Gasteiger partial charge >= 0.3 is 0 Å². The fourth-order valence-electron chi connectivity index (χ4n) is 4.52. The molecular formula is C23H22ClN5O3. The van der Waals surface area contributed by atoms with Crippen molar-refractivity contribution in [3.63, 3.8) is 0 Å². The predicted octanol–water partition coefficient (Wildman–Crippen LogP) is 3.95. The second-order valence-electron chi connectivity index (χ2n) is 7.85.